The van der Waals surface area contributed by atoms with Gasteiger partial charge in [0.25, 0.3) is 0 Å². The van der Waals surface area contributed by atoms with E-state index in [1.165, 1.54) is 0 Å². The molecule has 0 unspecified atom stereocenters. The van der Waals surface area contributed by atoms with Crippen LogP contribution in [0.15, 0.2) is 22.9 Å². The first-order valence-corrected chi connectivity index (χ1v) is 5.13. The van der Waals surface area contributed by atoms with E-state index >= 15 is 0 Å². The average molecular weight is 269 g/mol. The molecule has 0 atom stereocenters. The summed E-state index contributed by atoms with van der Waals surface area (Å²) in [6, 6.07) is 1.82. The summed E-state index contributed by atoms with van der Waals surface area (Å²) in [4.78, 5) is 17.2. The number of cyclic esters (lactones) is 1. The van der Waals surface area contributed by atoms with Gasteiger partial charge in [-0.15, -0.1) is 0 Å². The third-order valence-electron chi connectivity index (χ3n) is 1.89. The molecule has 1 aliphatic heterocycles. The second-order valence-corrected chi connectivity index (χ2v) is 4.31. The van der Waals surface area contributed by atoms with Gasteiger partial charge in [0.1, 0.15) is 0 Å². The molecule has 15 heavy (non-hydrogen) atoms. The van der Waals surface area contributed by atoms with Crippen LogP contribution in [0.5, 0.6) is 0 Å². The molecule has 0 aromatic carbocycles. The molecular weight excluding hydrogens is 260 g/mol. The first-order valence-electron chi connectivity index (χ1n) is 4.34. The fraction of sp³-hybridized carbons (Fsp3) is 0.200. The molecule has 2 heterocycles. The Balaban J connectivity index is 2.53. The predicted molar refractivity (Wildman–Crippen MR) is 59.0 cm³/mol. The molecule has 0 bridgehead atoms. The van der Waals surface area contributed by atoms with Gasteiger partial charge in [-0.05, 0) is 22.0 Å². The molecule has 5 heteroatoms. The number of aromatic nitrogens is 1. The van der Waals surface area contributed by atoms with E-state index in [9.17, 15) is 4.79 Å². The van der Waals surface area contributed by atoms with Crippen LogP contribution >= 0.6 is 15.9 Å². The highest BCUT2D eigenvalue weighted by Gasteiger charge is 2.28. The van der Waals surface area contributed by atoms with Crippen molar-refractivity contribution in [2.45, 2.75) is 0 Å². The van der Waals surface area contributed by atoms with Crippen LogP contribution < -0.4 is 0 Å². The Morgan fingerprint density at radius 3 is 2.93 bits per heavy atom. The Morgan fingerprint density at radius 2 is 2.27 bits per heavy atom. The van der Waals surface area contributed by atoms with E-state index in [1.54, 1.807) is 12.4 Å². The molecule has 0 saturated carbocycles. The third kappa shape index (κ3) is 1.87. The zero-order chi connectivity index (χ0) is 11.0. The molecule has 0 saturated heterocycles. The monoisotopic (exact) mass is 268 g/mol. The van der Waals surface area contributed by atoms with Crippen LogP contribution in [-0.4, -0.2) is 29.9 Å². The zero-order valence-electron chi connectivity index (χ0n) is 8.32. The highest BCUT2D eigenvalue weighted by molar-refractivity contribution is 9.10. The number of hydrogen-bond donors (Lipinski definition) is 0. The molecular formula is C10H9BrN2O2. The predicted octanol–water partition coefficient (Wildman–Crippen LogP) is 1.87. The molecule has 0 fully saturated rings. The summed E-state index contributed by atoms with van der Waals surface area (Å²) in [7, 11) is 3.73. The van der Waals surface area contributed by atoms with Crippen molar-refractivity contribution in [2.75, 3.05) is 14.1 Å². The number of esters is 1. The van der Waals surface area contributed by atoms with Crippen molar-refractivity contribution in [2.24, 2.45) is 0 Å². The van der Waals surface area contributed by atoms with Gasteiger partial charge in [-0.3, -0.25) is 0 Å². The van der Waals surface area contributed by atoms with Crippen LogP contribution in [0.25, 0.3) is 5.76 Å². The summed E-state index contributed by atoms with van der Waals surface area (Å²) in [6.45, 7) is 0. The maximum atomic E-state index is 11.4. The van der Waals surface area contributed by atoms with Crippen LogP contribution in [0.2, 0.25) is 0 Å². The topological polar surface area (TPSA) is 42.4 Å². The molecule has 1 aliphatic rings. The summed E-state index contributed by atoms with van der Waals surface area (Å²) in [6.07, 6.45) is 3.33. The third-order valence-corrected chi connectivity index (χ3v) is 2.32. The number of halogens is 1. The first-order chi connectivity index (χ1) is 7.08. The Bertz CT molecular complexity index is 455. The van der Waals surface area contributed by atoms with E-state index in [2.05, 4.69) is 20.9 Å². The Labute approximate surface area is 95.7 Å². The van der Waals surface area contributed by atoms with Gasteiger partial charge in [-0.2, -0.15) is 0 Å². The van der Waals surface area contributed by atoms with Gasteiger partial charge in [-0.1, -0.05) is 0 Å². The van der Waals surface area contributed by atoms with E-state index in [0.717, 1.165) is 10.0 Å². The number of ether oxygens (including phenoxy) is 1. The number of rotatable bonds is 1. The first kappa shape index (κ1) is 10.2. The molecule has 0 radical (unpaired) electrons. The maximum Gasteiger partial charge on any atom is 0.363 e. The van der Waals surface area contributed by atoms with Gasteiger partial charge < -0.3 is 9.64 Å². The maximum absolute atomic E-state index is 11.4. The second kappa shape index (κ2) is 3.66. The van der Waals surface area contributed by atoms with Crippen molar-refractivity contribution in [1.29, 1.82) is 0 Å². The zero-order valence-corrected chi connectivity index (χ0v) is 9.91. The smallest absolute Gasteiger partial charge is 0.363 e. The quantitative estimate of drug-likeness (QED) is 0.730. The standard InChI is InChI=1S/C10H9BrN2O2/c1-13(2)5-8-7-3-6(11)4-12-9(7)10(14)15-8/h3-5H,1-2H3/b8-5-. The average Bonchev–Trinajstić information content (AvgIpc) is 2.42. The van der Waals surface area contributed by atoms with Gasteiger partial charge in [0.15, 0.2) is 11.5 Å². The van der Waals surface area contributed by atoms with Crippen molar-refractivity contribution in [3.05, 3.63) is 34.2 Å². The minimum atomic E-state index is -0.398. The lowest BCUT2D eigenvalue weighted by Crippen LogP contribution is -2.02. The van der Waals surface area contributed by atoms with Gasteiger partial charge in [0, 0.05) is 31.0 Å². The number of fused-ring (bicyclic) bond motifs is 1. The van der Waals surface area contributed by atoms with Crippen molar-refractivity contribution in [3.63, 3.8) is 0 Å². The van der Waals surface area contributed by atoms with Gasteiger partial charge >= 0.3 is 5.97 Å². The molecule has 0 spiro atoms. The van der Waals surface area contributed by atoms with Crippen molar-refractivity contribution < 1.29 is 9.53 Å². The van der Waals surface area contributed by atoms with Crippen LogP contribution in [0.4, 0.5) is 0 Å². The highest BCUT2D eigenvalue weighted by Crippen LogP contribution is 2.30. The number of hydrogen-bond acceptors (Lipinski definition) is 4. The lowest BCUT2D eigenvalue weighted by atomic mass is 10.2. The molecule has 78 valence electrons. The molecule has 0 aliphatic carbocycles. The SMILES string of the molecule is CN(C)/C=C1\OC(=O)c2ncc(Br)cc21. The van der Waals surface area contributed by atoms with E-state index in [4.69, 9.17) is 4.74 Å². The largest absolute Gasteiger partial charge is 0.419 e. The minimum absolute atomic E-state index is 0.367. The molecule has 1 aromatic rings. The molecule has 1 aromatic heterocycles. The Morgan fingerprint density at radius 1 is 1.53 bits per heavy atom. The van der Waals surface area contributed by atoms with Crippen molar-refractivity contribution in [1.82, 2.24) is 9.88 Å². The molecule has 2 rings (SSSR count). The Hall–Kier alpha value is -1.36. The lowest BCUT2D eigenvalue weighted by Gasteiger charge is -2.06. The van der Waals surface area contributed by atoms with Crippen LogP contribution in [0, 0.1) is 0 Å². The minimum Gasteiger partial charge on any atom is -0.419 e. The van der Waals surface area contributed by atoms with E-state index in [-0.39, 0.29) is 0 Å². The van der Waals surface area contributed by atoms with E-state index in [0.29, 0.717) is 11.5 Å². The lowest BCUT2D eigenvalue weighted by molar-refractivity contribution is 0.0709. The van der Waals surface area contributed by atoms with Crippen LogP contribution in [-0.2, 0) is 4.74 Å². The number of pyridine rings is 1. The van der Waals surface area contributed by atoms with Gasteiger partial charge in [0.2, 0.25) is 0 Å². The summed E-state index contributed by atoms with van der Waals surface area (Å²) in [5.41, 5.74) is 1.09. The van der Waals surface area contributed by atoms with Gasteiger partial charge in [-0.25, -0.2) is 9.78 Å². The normalized spacial score (nSPS) is 16.5. The van der Waals surface area contributed by atoms with E-state index in [1.807, 2.05) is 25.1 Å². The number of carbonyl (C=O) groups excluding carboxylic acids is 1. The summed E-state index contributed by atoms with van der Waals surface area (Å²) in [5.74, 6) is 0.138. The molecule has 0 amide bonds. The second-order valence-electron chi connectivity index (χ2n) is 3.40. The van der Waals surface area contributed by atoms with Crippen molar-refractivity contribution in [3.8, 4) is 0 Å². The van der Waals surface area contributed by atoms with Crippen LogP contribution in [0.3, 0.4) is 0 Å². The molecule has 4 nitrogen and oxygen atoms in total. The molecule has 0 N–H and O–H groups in total. The van der Waals surface area contributed by atoms with E-state index < -0.39 is 5.97 Å². The highest BCUT2D eigenvalue weighted by atomic mass is 79.9. The fourth-order valence-electron chi connectivity index (χ4n) is 1.32. The van der Waals surface area contributed by atoms with Crippen molar-refractivity contribution >= 4 is 27.7 Å². The summed E-state index contributed by atoms with van der Waals surface area (Å²) >= 11 is 3.31. The fourth-order valence-corrected chi connectivity index (χ4v) is 1.65. The number of carbonyl (C=O) groups is 1. The number of nitrogens with zero attached hydrogens (tertiary/aromatic N) is 2. The van der Waals surface area contributed by atoms with Crippen LogP contribution in [0.1, 0.15) is 16.1 Å². The summed E-state index contributed by atoms with van der Waals surface area (Å²) < 4.78 is 5.92. The van der Waals surface area contributed by atoms with Gasteiger partial charge in [0.05, 0.1) is 5.56 Å². The summed E-state index contributed by atoms with van der Waals surface area (Å²) in [5, 5.41) is 0. The Kier molecular flexibility index (Phi) is 2.48.